The number of hydrogen-bond donors (Lipinski definition) is 1. The van der Waals surface area contributed by atoms with E-state index >= 15 is 0 Å². The summed E-state index contributed by atoms with van der Waals surface area (Å²) in [6, 6.07) is 8.03. The van der Waals surface area contributed by atoms with Crippen LogP contribution in [0.5, 0.6) is 0 Å². The van der Waals surface area contributed by atoms with E-state index < -0.39 is 0 Å². The van der Waals surface area contributed by atoms with E-state index in [-0.39, 0.29) is 0 Å². The van der Waals surface area contributed by atoms with Gasteiger partial charge in [-0.1, -0.05) is 28.1 Å². The Kier molecular flexibility index (Phi) is 2.33. The van der Waals surface area contributed by atoms with Crippen molar-refractivity contribution in [3.05, 3.63) is 34.9 Å². The van der Waals surface area contributed by atoms with E-state index in [4.69, 9.17) is 5.73 Å². The molecular weight excluding hydrogens is 248 g/mol. The fourth-order valence-electron chi connectivity index (χ4n) is 1.10. The highest BCUT2D eigenvalue weighted by atomic mass is 79.9. The molecule has 0 aliphatic carbocycles. The third kappa shape index (κ3) is 1.73. The molecule has 13 heavy (non-hydrogen) atoms. The summed E-state index contributed by atoms with van der Waals surface area (Å²) < 4.78 is 5.08. The molecule has 4 heteroatoms. The van der Waals surface area contributed by atoms with Gasteiger partial charge in [0.2, 0.25) is 0 Å². The van der Waals surface area contributed by atoms with Gasteiger partial charge in [-0.2, -0.15) is 4.37 Å². The molecule has 2 rings (SSSR count). The van der Waals surface area contributed by atoms with Crippen molar-refractivity contribution < 1.29 is 0 Å². The standard InChI is InChI=1S/C9H7BrN2S/c10-7-3-1-2-6(4-7)9-8(11)5-12-13-9/h1-5H,11H2. The summed E-state index contributed by atoms with van der Waals surface area (Å²) in [7, 11) is 0. The lowest BCUT2D eigenvalue weighted by Crippen LogP contribution is -1.83. The van der Waals surface area contributed by atoms with Crippen LogP contribution in [0.2, 0.25) is 0 Å². The minimum atomic E-state index is 0.739. The van der Waals surface area contributed by atoms with Gasteiger partial charge in [0.05, 0.1) is 16.8 Å². The van der Waals surface area contributed by atoms with Gasteiger partial charge in [-0.3, -0.25) is 0 Å². The quantitative estimate of drug-likeness (QED) is 0.850. The van der Waals surface area contributed by atoms with Crippen molar-refractivity contribution in [2.75, 3.05) is 5.73 Å². The molecule has 0 unspecified atom stereocenters. The van der Waals surface area contributed by atoms with E-state index in [0.717, 1.165) is 20.6 Å². The van der Waals surface area contributed by atoms with Crippen LogP contribution in [0, 0.1) is 0 Å². The van der Waals surface area contributed by atoms with Gasteiger partial charge in [0.25, 0.3) is 0 Å². The Morgan fingerprint density at radius 2 is 2.23 bits per heavy atom. The molecule has 0 aliphatic heterocycles. The number of nitrogen functional groups attached to an aromatic ring is 1. The molecule has 1 aromatic carbocycles. The monoisotopic (exact) mass is 254 g/mol. The molecule has 1 heterocycles. The van der Waals surface area contributed by atoms with Crippen molar-refractivity contribution >= 4 is 33.1 Å². The van der Waals surface area contributed by atoms with E-state index in [0.29, 0.717) is 0 Å². The third-order valence-electron chi connectivity index (χ3n) is 1.68. The second kappa shape index (κ2) is 3.47. The first kappa shape index (κ1) is 8.72. The maximum absolute atomic E-state index is 5.76. The number of hydrogen-bond acceptors (Lipinski definition) is 3. The van der Waals surface area contributed by atoms with Gasteiger partial charge >= 0.3 is 0 Å². The van der Waals surface area contributed by atoms with Crippen LogP contribution in [0.15, 0.2) is 34.9 Å². The van der Waals surface area contributed by atoms with Gasteiger partial charge in [0.15, 0.2) is 0 Å². The molecule has 2 N–H and O–H groups in total. The molecule has 0 amide bonds. The van der Waals surface area contributed by atoms with Crippen LogP contribution in [0.25, 0.3) is 10.4 Å². The van der Waals surface area contributed by atoms with E-state index in [1.165, 1.54) is 11.5 Å². The lowest BCUT2D eigenvalue weighted by molar-refractivity contribution is 1.57. The first-order valence-corrected chi connectivity index (χ1v) is 5.30. The zero-order valence-electron chi connectivity index (χ0n) is 6.70. The number of anilines is 1. The van der Waals surface area contributed by atoms with Crippen LogP contribution in [0.4, 0.5) is 5.69 Å². The Bertz CT molecular complexity index is 425. The van der Waals surface area contributed by atoms with Gasteiger partial charge in [0, 0.05) is 4.47 Å². The maximum atomic E-state index is 5.76. The lowest BCUT2D eigenvalue weighted by atomic mass is 10.2. The highest BCUT2D eigenvalue weighted by molar-refractivity contribution is 9.10. The van der Waals surface area contributed by atoms with Gasteiger partial charge in [-0.25, -0.2) is 0 Å². The first-order chi connectivity index (χ1) is 6.27. The summed E-state index contributed by atoms with van der Waals surface area (Å²) in [4.78, 5) is 1.03. The Hall–Kier alpha value is -0.870. The molecule has 0 saturated carbocycles. The number of halogens is 1. The molecular formula is C9H7BrN2S. The molecule has 0 aliphatic rings. The van der Waals surface area contributed by atoms with Crippen molar-refractivity contribution in [2.24, 2.45) is 0 Å². The predicted molar refractivity (Wildman–Crippen MR) is 59.7 cm³/mol. The SMILES string of the molecule is Nc1cnsc1-c1cccc(Br)c1. The molecule has 0 bridgehead atoms. The Morgan fingerprint density at radius 1 is 1.38 bits per heavy atom. The molecule has 0 spiro atoms. The van der Waals surface area contributed by atoms with Crippen molar-refractivity contribution in [3.8, 4) is 10.4 Å². The fraction of sp³-hybridized carbons (Fsp3) is 0. The van der Waals surface area contributed by atoms with Crippen molar-refractivity contribution in [1.82, 2.24) is 4.37 Å². The average molecular weight is 255 g/mol. The number of rotatable bonds is 1. The van der Waals surface area contributed by atoms with Crippen molar-refractivity contribution in [1.29, 1.82) is 0 Å². The van der Waals surface area contributed by atoms with E-state index in [9.17, 15) is 0 Å². The molecule has 0 saturated heterocycles. The topological polar surface area (TPSA) is 38.9 Å². The molecule has 0 fully saturated rings. The third-order valence-corrected chi connectivity index (χ3v) is 3.04. The van der Waals surface area contributed by atoms with E-state index in [1.807, 2.05) is 24.3 Å². The molecule has 66 valence electrons. The van der Waals surface area contributed by atoms with Crippen LogP contribution in [0.1, 0.15) is 0 Å². The van der Waals surface area contributed by atoms with Gasteiger partial charge in [-0.15, -0.1) is 0 Å². The number of aromatic nitrogens is 1. The van der Waals surface area contributed by atoms with Crippen LogP contribution in [-0.2, 0) is 0 Å². The van der Waals surface area contributed by atoms with Crippen molar-refractivity contribution in [2.45, 2.75) is 0 Å². The van der Waals surface area contributed by atoms with E-state index in [1.54, 1.807) is 6.20 Å². The minimum absolute atomic E-state index is 0.739. The zero-order valence-corrected chi connectivity index (χ0v) is 9.10. The van der Waals surface area contributed by atoms with Crippen LogP contribution < -0.4 is 5.73 Å². The summed E-state index contributed by atoms with van der Waals surface area (Å²) in [5.74, 6) is 0. The largest absolute Gasteiger partial charge is 0.396 e. The minimum Gasteiger partial charge on any atom is -0.396 e. The second-order valence-corrected chi connectivity index (χ2v) is 4.34. The van der Waals surface area contributed by atoms with E-state index in [2.05, 4.69) is 20.3 Å². The fourth-order valence-corrected chi connectivity index (χ4v) is 2.16. The molecule has 0 atom stereocenters. The summed E-state index contributed by atoms with van der Waals surface area (Å²) in [6.45, 7) is 0. The molecule has 2 aromatic rings. The maximum Gasteiger partial charge on any atom is 0.0780 e. The number of benzene rings is 1. The van der Waals surface area contributed by atoms with Crippen LogP contribution >= 0.6 is 27.5 Å². The Morgan fingerprint density at radius 3 is 2.85 bits per heavy atom. The van der Waals surface area contributed by atoms with Gasteiger partial charge in [-0.05, 0) is 29.2 Å². The first-order valence-electron chi connectivity index (χ1n) is 3.73. The summed E-state index contributed by atoms with van der Waals surface area (Å²) in [5, 5.41) is 0. The zero-order chi connectivity index (χ0) is 9.26. The molecule has 1 aromatic heterocycles. The normalized spacial score (nSPS) is 10.2. The smallest absolute Gasteiger partial charge is 0.0780 e. The lowest BCUT2D eigenvalue weighted by Gasteiger charge is -1.98. The average Bonchev–Trinajstić information content (AvgIpc) is 2.51. The summed E-state index contributed by atoms with van der Waals surface area (Å²) >= 11 is 4.83. The Labute approximate surface area is 88.7 Å². The van der Waals surface area contributed by atoms with Crippen LogP contribution in [-0.4, -0.2) is 4.37 Å². The Balaban J connectivity index is 2.53. The number of nitrogens with two attached hydrogens (primary N) is 1. The van der Waals surface area contributed by atoms with Gasteiger partial charge < -0.3 is 5.73 Å². The highest BCUT2D eigenvalue weighted by Gasteiger charge is 2.04. The van der Waals surface area contributed by atoms with Gasteiger partial charge in [0.1, 0.15) is 0 Å². The van der Waals surface area contributed by atoms with Crippen LogP contribution in [0.3, 0.4) is 0 Å². The predicted octanol–water partition coefficient (Wildman–Crippen LogP) is 3.15. The van der Waals surface area contributed by atoms with Crippen molar-refractivity contribution in [3.63, 3.8) is 0 Å². The molecule has 0 radical (unpaired) electrons. The molecule has 2 nitrogen and oxygen atoms in total. The number of nitrogens with zero attached hydrogens (tertiary/aromatic N) is 1. The highest BCUT2D eigenvalue weighted by Crippen LogP contribution is 2.30. The summed E-state index contributed by atoms with van der Waals surface area (Å²) in [6.07, 6.45) is 1.68. The summed E-state index contributed by atoms with van der Waals surface area (Å²) in [5.41, 5.74) is 7.60. The second-order valence-electron chi connectivity index (χ2n) is 2.62.